The van der Waals surface area contributed by atoms with Crippen LogP contribution < -0.4 is 5.73 Å². The monoisotopic (exact) mass is 417 g/mol. The molecule has 2 N–H and O–H groups in total. The Hall–Kier alpha value is -1.64. The van der Waals surface area contributed by atoms with Crippen LogP contribution in [-0.4, -0.2) is 69.0 Å². The van der Waals surface area contributed by atoms with Gasteiger partial charge in [-0.1, -0.05) is 6.92 Å². The number of hydrogen-bond donors (Lipinski definition) is 1. The Labute approximate surface area is 167 Å². The highest BCUT2D eigenvalue weighted by Gasteiger charge is 2.30. The molecule has 9 heteroatoms. The Bertz CT molecular complexity index is 765. The molecule has 2 unspecified atom stereocenters. The number of nitrogens with zero attached hydrogens (tertiary/aromatic N) is 2. The zero-order valence-corrected chi connectivity index (χ0v) is 17.6. The van der Waals surface area contributed by atoms with E-state index in [9.17, 15) is 18.0 Å². The first-order valence-electron chi connectivity index (χ1n) is 8.69. The van der Waals surface area contributed by atoms with E-state index in [-0.39, 0.29) is 29.3 Å². The molecule has 1 aromatic carbocycles. The molecule has 1 fully saturated rings. The van der Waals surface area contributed by atoms with Crippen molar-refractivity contribution in [2.24, 2.45) is 11.7 Å². The van der Waals surface area contributed by atoms with Gasteiger partial charge in [0.05, 0.1) is 4.90 Å². The van der Waals surface area contributed by atoms with Crippen LogP contribution in [0, 0.1) is 5.92 Å². The SMILES string of the molecule is CC1CCN(C(=O)c2ccc(S(=O)(=O)CC(=O)N(C)C)cc2)C(CN)C1.Cl. The molecule has 1 heterocycles. The Morgan fingerprint density at radius 2 is 1.81 bits per heavy atom. The molecule has 1 aromatic rings. The second-order valence-corrected chi connectivity index (χ2v) is 9.08. The van der Waals surface area contributed by atoms with Crippen molar-refractivity contribution in [2.75, 3.05) is 32.9 Å². The van der Waals surface area contributed by atoms with Crippen molar-refractivity contribution in [2.45, 2.75) is 30.7 Å². The van der Waals surface area contributed by atoms with Gasteiger partial charge in [-0.2, -0.15) is 0 Å². The maximum Gasteiger partial charge on any atom is 0.254 e. The average Bonchev–Trinajstić information content (AvgIpc) is 2.60. The standard InChI is InChI=1S/C18H27N3O4S.ClH/c1-13-8-9-21(15(10-13)11-19)18(23)14-4-6-16(7-5-14)26(24,25)12-17(22)20(2)3;/h4-7,13,15H,8-12,19H2,1-3H3;1H. The Balaban J connectivity index is 0.00000364. The first kappa shape index (κ1) is 23.4. The van der Waals surface area contributed by atoms with Gasteiger partial charge in [-0.05, 0) is 43.0 Å². The number of sulfone groups is 1. The van der Waals surface area contributed by atoms with Gasteiger partial charge in [0.1, 0.15) is 5.75 Å². The Morgan fingerprint density at radius 1 is 1.22 bits per heavy atom. The molecule has 152 valence electrons. The summed E-state index contributed by atoms with van der Waals surface area (Å²) in [6, 6.07) is 5.78. The lowest BCUT2D eigenvalue weighted by molar-refractivity contribution is -0.125. The summed E-state index contributed by atoms with van der Waals surface area (Å²) in [6.07, 6.45) is 1.81. The van der Waals surface area contributed by atoms with E-state index in [1.807, 2.05) is 0 Å². The molecular weight excluding hydrogens is 390 g/mol. The molecule has 0 aromatic heterocycles. The van der Waals surface area contributed by atoms with E-state index < -0.39 is 21.5 Å². The maximum absolute atomic E-state index is 12.8. The number of benzene rings is 1. The quantitative estimate of drug-likeness (QED) is 0.774. The number of nitrogens with two attached hydrogens (primary N) is 1. The summed E-state index contributed by atoms with van der Waals surface area (Å²) in [5.74, 6) is -0.680. The summed E-state index contributed by atoms with van der Waals surface area (Å²) in [7, 11) is -0.717. The number of piperidine rings is 1. The second kappa shape index (κ2) is 9.52. The summed E-state index contributed by atoms with van der Waals surface area (Å²) in [4.78, 5) is 27.5. The van der Waals surface area contributed by atoms with E-state index in [4.69, 9.17) is 5.73 Å². The van der Waals surface area contributed by atoms with Crippen molar-refractivity contribution >= 4 is 34.1 Å². The van der Waals surface area contributed by atoms with Crippen molar-refractivity contribution in [3.8, 4) is 0 Å². The fourth-order valence-electron chi connectivity index (χ4n) is 3.09. The van der Waals surface area contributed by atoms with Crippen LogP contribution in [0.25, 0.3) is 0 Å². The normalized spacial score (nSPS) is 19.9. The van der Waals surface area contributed by atoms with Crippen molar-refractivity contribution in [3.63, 3.8) is 0 Å². The Kier molecular flexibility index (Phi) is 8.25. The van der Waals surface area contributed by atoms with E-state index in [0.29, 0.717) is 24.6 Å². The van der Waals surface area contributed by atoms with Crippen molar-refractivity contribution in [1.82, 2.24) is 9.80 Å². The van der Waals surface area contributed by atoms with Crippen molar-refractivity contribution in [3.05, 3.63) is 29.8 Å². The van der Waals surface area contributed by atoms with Crippen molar-refractivity contribution < 1.29 is 18.0 Å². The van der Waals surface area contributed by atoms with Gasteiger partial charge in [-0.25, -0.2) is 8.42 Å². The number of carbonyl (C=O) groups is 2. The van der Waals surface area contributed by atoms with Gasteiger partial charge in [-0.15, -0.1) is 12.4 Å². The number of amides is 2. The van der Waals surface area contributed by atoms with Crippen LogP contribution in [0.5, 0.6) is 0 Å². The van der Waals surface area contributed by atoms with E-state index in [2.05, 4.69) is 6.92 Å². The van der Waals surface area contributed by atoms with Gasteiger partial charge in [0, 0.05) is 38.8 Å². The molecule has 2 atom stereocenters. The van der Waals surface area contributed by atoms with Gasteiger partial charge in [-0.3, -0.25) is 9.59 Å². The molecule has 2 amide bonds. The third kappa shape index (κ3) is 5.67. The topological polar surface area (TPSA) is 101 Å². The van der Waals surface area contributed by atoms with E-state index in [1.165, 1.54) is 43.3 Å². The second-order valence-electron chi connectivity index (χ2n) is 7.09. The molecule has 7 nitrogen and oxygen atoms in total. The van der Waals surface area contributed by atoms with Crippen LogP contribution in [0.1, 0.15) is 30.1 Å². The molecule has 1 saturated heterocycles. The fourth-order valence-corrected chi connectivity index (χ4v) is 4.39. The molecule has 0 bridgehead atoms. The minimum absolute atomic E-state index is 0. The summed E-state index contributed by atoms with van der Waals surface area (Å²) in [5, 5.41) is 0. The van der Waals surface area contributed by atoms with Crippen LogP contribution in [0.4, 0.5) is 0 Å². The first-order chi connectivity index (χ1) is 12.2. The third-order valence-corrected chi connectivity index (χ3v) is 6.40. The highest BCUT2D eigenvalue weighted by atomic mass is 35.5. The average molecular weight is 418 g/mol. The number of likely N-dealkylation sites (tertiary alicyclic amines) is 1. The van der Waals surface area contributed by atoms with E-state index in [0.717, 1.165) is 12.8 Å². The summed E-state index contributed by atoms with van der Waals surface area (Å²) in [6.45, 7) is 3.22. The molecule has 0 radical (unpaired) electrons. The molecule has 0 aliphatic carbocycles. The van der Waals surface area contributed by atoms with Gasteiger partial charge < -0.3 is 15.5 Å². The van der Waals surface area contributed by atoms with Crippen LogP contribution in [-0.2, 0) is 14.6 Å². The molecule has 0 spiro atoms. The van der Waals surface area contributed by atoms with Gasteiger partial charge in [0.25, 0.3) is 5.91 Å². The van der Waals surface area contributed by atoms with E-state index >= 15 is 0 Å². The zero-order valence-electron chi connectivity index (χ0n) is 15.9. The van der Waals surface area contributed by atoms with Gasteiger partial charge in [0.2, 0.25) is 5.91 Å². The highest BCUT2D eigenvalue weighted by Crippen LogP contribution is 2.24. The number of carbonyl (C=O) groups excluding carboxylic acids is 2. The zero-order chi connectivity index (χ0) is 19.5. The Morgan fingerprint density at radius 3 is 2.33 bits per heavy atom. The minimum Gasteiger partial charge on any atom is -0.348 e. The maximum atomic E-state index is 12.8. The lowest BCUT2D eigenvalue weighted by atomic mass is 9.92. The van der Waals surface area contributed by atoms with Crippen LogP contribution in [0.15, 0.2) is 29.2 Å². The molecular formula is C18H28ClN3O4S. The summed E-state index contributed by atoms with van der Waals surface area (Å²) < 4.78 is 24.6. The third-order valence-electron chi connectivity index (χ3n) is 4.78. The molecule has 1 aliphatic heterocycles. The molecule has 2 rings (SSSR count). The summed E-state index contributed by atoms with van der Waals surface area (Å²) >= 11 is 0. The van der Waals surface area contributed by atoms with E-state index in [1.54, 1.807) is 4.90 Å². The van der Waals surface area contributed by atoms with Gasteiger partial charge in [0.15, 0.2) is 9.84 Å². The largest absolute Gasteiger partial charge is 0.348 e. The lowest BCUT2D eigenvalue weighted by Gasteiger charge is -2.38. The lowest BCUT2D eigenvalue weighted by Crippen LogP contribution is -2.49. The molecule has 1 aliphatic rings. The molecule has 27 heavy (non-hydrogen) atoms. The van der Waals surface area contributed by atoms with Crippen LogP contribution in [0.2, 0.25) is 0 Å². The smallest absolute Gasteiger partial charge is 0.254 e. The number of rotatable bonds is 5. The van der Waals surface area contributed by atoms with Crippen LogP contribution in [0.3, 0.4) is 0 Å². The predicted molar refractivity (Wildman–Crippen MR) is 107 cm³/mol. The predicted octanol–water partition coefficient (Wildman–Crippen LogP) is 1.17. The first-order valence-corrected chi connectivity index (χ1v) is 10.3. The number of halogens is 1. The van der Waals surface area contributed by atoms with Gasteiger partial charge >= 0.3 is 0 Å². The van der Waals surface area contributed by atoms with Crippen molar-refractivity contribution in [1.29, 1.82) is 0 Å². The molecule has 0 saturated carbocycles. The number of hydrogen-bond acceptors (Lipinski definition) is 5. The minimum atomic E-state index is -3.73. The highest BCUT2D eigenvalue weighted by molar-refractivity contribution is 7.92. The van der Waals surface area contributed by atoms with Crippen LogP contribution >= 0.6 is 12.4 Å². The fraction of sp³-hybridized carbons (Fsp3) is 0.556. The summed E-state index contributed by atoms with van der Waals surface area (Å²) in [5.41, 5.74) is 6.24.